The summed E-state index contributed by atoms with van der Waals surface area (Å²) in [5.74, 6) is 1.10. The fraction of sp³-hybridized carbons (Fsp3) is 0.296. The Labute approximate surface area is 179 Å². The Balaban J connectivity index is 1.60. The van der Waals surface area contributed by atoms with Crippen LogP contribution < -0.4 is 9.64 Å². The fourth-order valence-electron chi connectivity index (χ4n) is 4.27. The van der Waals surface area contributed by atoms with E-state index in [0.29, 0.717) is 13.0 Å². The Hall–Kier alpha value is -3.07. The van der Waals surface area contributed by atoms with Crippen molar-refractivity contribution in [1.82, 2.24) is 0 Å². The molecule has 0 saturated heterocycles. The van der Waals surface area contributed by atoms with Gasteiger partial charge in [-0.1, -0.05) is 54.6 Å². The lowest BCUT2D eigenvalue weighted by atomic mass is 9.93. The molecule has 0 spiro atoms. The number of carbonyl (C=O) groups excluding carboxylic acids is 1. The molecule has 4 rings (SSSR count). The Morgan fingerprint density at radius 3 is 2.77 bits per heavy atom. The van der Waals surface area contributed by atoms with Gasteiger partial charge in [0.1, 0.15) is 11.9 Å². The molecule has 2 aliphatic rings. The second-order valence-electron chi connectivity index (χ2n) is 7.87. The van der Waals surface area contributed by atoms with Gasteiger partial charge in [-0.15, -0.1) is 6.58 Å². The second-order valence-corrected chi connectivity index (χ2v) is 7.87. The van der Waals surface area contributed by atoms with E-state index < -0.39 is 0 Å². The molecule has 1 aliphatic carbocycles. The molecule has 1 atom stereocenters. The van der Waals surface area contributed by atoms with Gasteiger partial charge in [-0.05, 0) is 61.4 Å². The maximum atomic E-state index is 12.7. The molecule has 2 aromatic rings. The normalized spacial score (nSPS) is 18.5. The molecule has 1 amide bonds. The molecule has 1 heterocycles. The average molecular weight is 400 g/mol. The molecule has 3 nitrogen and oxygen atoms in total. The third-order valence-electron chi connectivity index (χ3n) is 5.78. The van der Waals surface area contributed by atoms with Gasteiger partial charge in [-0.2, -0.15) is 0 Å². The topological polar surface area (TPSA) is 29.5 Å². The van der Waals surface area contributed by atoms with E-state index in [1.807, 2.05) is 35.2 Å². The molecular weight excluding hydrogens is 370 g/mol. The number of fused-ring (bicyclic) bond motifs is 1. The van der Waals surface area contributed by atoms with Gasteiger partial charge in [-0.25, -0.2) is 0 Å². The molecule has 3 heteroatoms. The van der Waals surface area contributed by atoms with Crippen LogP contribution in [0.15, 0.2) is 73.3 Å². The zero-order chi connectivity index (χ0) is 20.8. The van der Waals surface area contributed by atoms with Crippen LogP contribution in [0.2, 0.25) is 0 Å². The SMILES string of the molecule is C=CCc1c(OC2C=CCCC2)ccc2c1CCC(=O)N2CC=Cc1ccccc1. The van der Waals surface area contributed by atoms with Crippen LogP contribution in [0.3, 0.4) is 0 Å². The van der Waals surface area contributed by atoms with Crippen LogP contribution in [0.4, 0.5) is 5.69 Å². The highest BCUT2D eigenvalue weighted by Crippen LogP contribution is 2.37. The zero-order valence-corrected chi connectivity index (χ0v) is 17.4. The third kappa shape index (κ3) is 4.56. The molecular formula is C27H29NO2. The van der Waals surface area contributed by atoms with Crippen molar-refractivity contribution in [2.75, 3.05) is 11.4 Å². The van der Waals surface area contributed by atoms with Gasteiger partial charge in [0, 0.05) is 24.2 Å². The molecule has 2 aromatic carbocycles. The van der Waals surface area contributed by atoms with Gasteiger partial charge < -0.3 is 9.64 Å². The van der Waals surface area contributed by atoms with Crippen molar-refractivity contribution in [3.63, 3.8) is 0 Å². The van der Waals surface area contributed by atoms with Gasteiger partial charge >= 0.3 is 0 Å². The number of ether oxygens (including phenoxy) is 1. The average Bonchev–Trinajstić information content (AvgIpc) is 2.78. The van der Waals surface area contributed by atoms with Crippen LogP contribution in [0.1, 0.15) is 42.4 Å². The highest BCUT2D eigenvalue weighted by molar-refractivity contribution is 5.97. The van der Waals surface area contributed by atoms with Gasteiger partial charge in [0.2, 0.25) is 5.91 Å². The number of nitrogens with zero attached hydrogens (tertiary/aromatic N) is 1. The summed E-state index contributed by atoms with van der Waals surface area (Å²) in [5, 5.41) is 0. The van der Waals surface area contributed by atoms with Crippen molar-refractivity contribution in [3.05, 3.63) is 90.0 Å². The van der Waals surface area contributed by atoms with Crippen molar-refractivity contribution < 1.29 is 9.53 Å². The second kappa shape index (κ2) is 9.62. The van der Waals surface area contributed by atoms with E-state index >= 15 is 0 Å². The summed E-state index contributed by atoms with van der Waals surface area (Å²) in [4.78, 5) is 14.6. The summed E-state index contributed by atoms with van der Waals surface area (Å²) in [6.07, 6.45) is 16.0. The molecule has 0 bridgehead atoms. The summed E-state index contributed by atoms with van der Waals surface area (Å²) in [6, 6.07) is 14.3. The predicted molar refractivity (Wildman–Crippen MR) is 124 cm³/mol. The van der Waals surface area contributed by atoms with E-state index in [1.54, 1.807) is 0 Å². The van der Waals surface area contributed by atoms with Crippen LogP contribution in [-0.2, 0) is 17.6 Å². The maximum absolute atomic E-state index is 12.7. The van der Waals surface area contributed by atoms with E-state index in [0.717, 1.165) is 42.7 Å². The monoisotopic (exact) mass is 399 g/mol. The number of rotatable bonds is 7. The van der Waals surface area contributed by atoms with Crippen LogP contribution in [0.5, 0.6) is 5.75 Å². The Kier molecular flexibility index (Phi) is 6.48. The smallest absolute Gasteiger partial charge is 0.227 e. The Morgan fingerprint density at radius 1 is 1.13 bits per heavy atom. The number of anilines is 1. The number of amides is 1. The summed E-state index contributed by atoms with van der Waals surface area (Å²) < 4.78 is 6.35. The minimum Gasteiger partial charge on any atom is -0.486 e. The van der Waals surface area contributed by atoms with E-state index in [2.05, 4.69) is 49.1 Å². The van der Waals surface area contributed by atoms with E-state index in [-0.39, 0.29) is 12.0 Å². The van der Waals surface area contributed by atoms with Crippen molar-refractivity contribution in [2.24, 2.45) is 0 Å². The van der Waals surface area contributed by atoms with Crippen LogP contribution in [0.25, 0.3) is 6.08 Å². The van der Waals surface area contributed by atoms with Crippen LogP contribution in [-0.4, -0.2) is 18.6 Å². The Morgan fingerprint density at radius 2 is 2.00 bits per heavy atom. The molecule has 30 heavy (non-hydrogen) atoms. The van der Waals surface area contributed by atoms with Crippen molar-refractivity contribution in [2.45, 2.75) is 44.6 Å². The highest BCUT2D eigenvalue weighted by Gasteiger charge is 2.27. The summed E-state index contributed by atoms with van der Waals surface area (Å²) >= 11 is 0. The largest absolute Gasteiger partial charge is 0.486 e. The van der Waals surface area contributed by atoms with E-state index in [9.17, 15) is 4.79 Å². The molecule has 0 N–H and O–H groups in total. The first-order chi connectivity index (χ1) is 14.8. The molecule has 1 unspecified atom stereocenters. The molecule has 0 fully saturated rings. The van der Waals surface area contributed by atoms with Crippen molar-refractivity contribution in [1.29, 1.82) is 0 Å². The first-order valence-electron chi connectivity index (χ1n) is 10.9. The number of carbonyl (C=O) groups is 1. The number of hydrogen-bond acceptors (Lipinski definition) is 2. The van der Waals surface area contributed by atoms with Gasteiger partial charge in [0.05, 0.1) is 0 Å². The minimum atomic E-state index is 0.135. The number of benzene rings is 2. The van der Waals surface area contributed by atoms with E-state index in [1.165, 1.54) is 17.5 Å². The minimum absolute atomic E-state index is 0.135. The molecule has 0 radical (unpaired) electrons. The molecule has 0 saturated carbocycles. The van der Waals surface area contributed by atoms with Gasteiger partial charge in [-0.3, -0.25) is 4.79 Å². The molecule has 1 aliphatic heterocycles. The Bertz CT molecular complexity index is 958. The summed E-state index contributed by atoms with van der Waals surface area (Å²) in [7, 11) is 0. The highest BCUT2D eigenvalue weighted by atomic mass is 16.5. The van der Waals surface area contributed by atoms with E-state index in [4.69, 9.17) is 4.74 Å². The van der Waals surface area contributed by atoms with Crippen LogP contribution >= 0.6 is 0 Å². The van der Waals surface area contributed by atoms with Crippen molar-refractivity contribution >= 4 is 17.7 Å². The molecule has 154 valence electrons. The first kappa shape index (κ1) is 20.2. The van der Waals surface area contributed by atoms with Gasteiger partial charge in [0.25, 0.3) is 0 Å². The predicted octanol–water partition coefficient (Wildman–Crippen LogP) is 5.90. The lowest BCUT2D eigenvalue weighted by molar-refractivity contribution is -0.118. The maximum Gasteiger partial charge on any atom is 0.227 e. The first-order valence-corrected chi connectivity index (χ1v) is 10.9. The lowest BCUT2D eigenvalue weighted by Gasteiger charge is -2.31. The lowest BCUT2D eigenvalue weighted by Crippen LogP contribution is -2.35. The zero-order valence-electron chi connectivity index (χ0n) is 17.4. The third-order valence-corrected chi connectivity index (χ3v) is 5.78. The molecule has 0 aromatic heterocycles. The number of allylic oxidation sites excluding steroid dienone is 2. The summed E-state index contributed by atoms with van der Waals surface area (Å²) in [6.45, 7) is 4.52. The number of hydrogen-bond donors (Lipinski definition) is 0. The fourth-order valence-corrected chi connectivity index (χ4v) is 4.27. The quantitative estimate of drug-likeness (QED) is 0.543. The standard InChI is InChI=1S/C27H29NO2/c1-2-10-24-23-16-19-27(29)28(20-9-13-21-11-5-3-6-12-21)25(23)17-18-26(24)30-22-14-7-4-8-15-22/h2-3,5-7,9,11-14,17-18,22H,1,4,8,10,15-16,19-20H2. The van der Waals surface area contributed by atoms with Crippen LogP contribution in [0, 0.1) is 0 Å². The summed E-state index contributed by atoms with van der Waals surface area (Å²) in [5.41, 5.74) is 4.54. The van der Waals surface area contributed by atoms with Crippen molar-refractivity contribution in [3.8, 4) is 5.75 Å². The van der Waals surface area contributed by atoms with Gasteiger partial charge in [0.15, 0.2) is 0 Å².